The summed E-state index contributed by atoms with van der Waals surface area (Å²) < 4.78 is 54.1. The van der Waals surface area contributed by atoms with Crippen molar-refractivity contribution >= 4 is 23.4 Å². The zero-order valence-corrected chi connectivity index (χ0v) is 14.7. The molecule has 1 aliphatic rings. The predicted molar refractivity (Wildman–Crippen MR) is 92.2 cm³/mol. The average molecular weight is 410 g/mol. The van der Waals surface area contributed by atoms with E-state index < -0.39 is 48.1 Å². The van der Waals surface area contributed by atoms with Crippen LogP contribution in [0.1, 0.15) is 17.9 Å². The van der Waals surface area contributed by atoms with Gasteiger partial charge in [-0.1, -0.05) is 18.2 Å². The molecule has 0 saturated carbocycles. The van der Waals surface area contributed by atoms with Gasteiger partial charge in [-0.05, 0) is 30.3 Å². The summed E-state index contributed by atoms with van der Waals surface area (Å²) in [6, 6.07) is 9.93. The molecular weight excluding hydrogens is 396 g/mol. The Labute approximate surface area is 162 Å². The van der Waals surface area contributed by atoms with Gasteiger partial charge in [0, 0.05) is 17.7 Å². The lowest BCUT2D eigenvalue weighted by Gasteiger charge is -2.15. The standard InChI is InChI=1S/C19H14F4N2O4/c20-15-4-2-1-3-13(15)14-9-17(27)25(18(14)28)10-16(26)24-11-5-7-12(8-6-11)29-19(21,22)23/h1-8,14H,9-10H2,(H,24,26)/t14-/m0/s1. The number of nitrogens with zero attached hydrogens (tertiary/aromatic N) is 1. The van der Waals surface area contributed by atoms with Crippen LogP contribution in [0.4, 0.5) is 23.2 Å². The number of hydrogen-bond donors (Lipinski definition) is 1. The first kappa shape index (κ1) is 20.3. The van der Waals surface area contributed by atoms with E-state index in [9.17, 15) is 31.9 Å². The molecule has 0 aromatic heterocycles. The maximum absolute atomic E-state index is 13.9. The minimum absolute atomic E-state index is 0.0778. The summed E-state index contributed by atoms with van der Waals surface area (Å²) in [5, 5.41) is 2.37. The SMILES string of the molecule is O=C(CN1C(=O)C[C@@H](c2ccccc2F)C1=O)Nc1ccc(OC(F)(F)F)cc1. The molecule has 29 heavy (non-hydrogen) atoms. The van der Waals surface area contributed by atoms with E-state index in [1.54, 1.807) is 0 Å². The minimum Gasteiger partial charge on any atom is -0.406 e. The van der Waals surface area contributed by atoms with Crippen LogP contribution in [-0.2, 0) is 14.4 Å². The van der Waals surface area contributed by atoms with Crippen molar-refractivity contribution in [2.24, 2.45) is 0 Å². The lowest BCUT2D eigenvalue weighted by atomic mass is 9.97. The molecule has 3 rings (SSSR count). The number of ether oxygens (including phenoxy) is 1. The number of imide groups is 1. The van der Waals surface area contributed by atoms with Crippen LogP contribution < -0.4 is 10.1 Å². The summed E-state index contributed by atoms with van der Waals surface area (Å²) in [5.41, 5.74) is 0.225. The van der Waals surface area contributed by atoms with Crippen LogP contribution in [0.5, 0.6) is 5.75 Å². The number of carbonyl (C=O) groups excluding carboxylic acids is 3. The third-order valence-electron chi connectivity index (χ3n) is 4.20. The number of likely N-dealkylation sites (tertiary alicyclic amines) is 1. The molecule has 1 saturated heterocycles. The largest absolute Gasteiger partial charge is 0.573 e. The molecule has 0 aliphatic carbocycles. The van der Waals surface area contributed by atoms with Crippen molar-refractivity contribution in [1.29, 1.82) is 0 Å². The van der Waals surface area contributed by atoms with Gasteiger partial charge in [-0.2, -0.15) is 0 Å². The first-order chi connectivity index (χ1) is 13.6. The van der Waals surface area contributed by atoms with Gasteiger partial charge in [0.25, 0.3) is 0 Å². The van der Waals surface area contributed by atoms with Crippen LogP contribution in [0.3, 0.4) is 0 Å². The first-order valence-electron chi connectivity index (χ1n) is 8.38. The fourth-order valence-corrected chi connectivity index (χ4v) is 2.93. The molecule has 0 radical (unpaired) electrons. The molecule has 1 fully saturated rings. The second kappa shape index (κ2) is 7.90. The van der Waals surface area contributed by atoms with Crippen LogP contribution in [0, 0.1) is 5.82 Å². The van der Waals surface area contributed by atoms with Crippen molar-refractivity contribution in [3.63, 3.8) is 0 Å². The van der Waals surface area contributed by atoms with Crippen LogP contribution in [0.2, 0.25) is 0 Å². The quantitative estimate of drug-likeness (QED) is 0.607. The van der Waals surface area contributed by atoms with Gasteiger partial charge in [0.15, 0.2) is 0 Å². The van der Waals surface area contributed by atoms with Crippen molar-refractivity contribution < 1.29 is 36.7 Å². The number of nitrogens with one attached hydrogen (secondary N) is 1. The van der Waals surface area contributed by atoms with E-state index in [-0.39, 0.29) is 17.7 Å². The zero-order chi connectivity index (χ0) is 21.2. The second-order valence-corrected chi connectivity index (χ2v) is 6.22. The Kier molecular flexibility index (Phi) is 5.53. The summed E-state index contributed by atoms with van der Waals surface area (Å²) in [4.78, 5) is 37.5. The molecule has 2 aromatic rings. The van der Waals surface area contributed by atoms with Crippen LogP contribution in [0.15, 0.2) is 48.5 Å². The third-order valence-corrected chi connectivity index (χ3v) is 4.20. The number of anilines is 1. The molecule has 6 nitrogen and oxygen atoms in total. The predicted octanol–water partition coefficient (Wildman–Crippen LogP) is 3.21. The maximum atomic E-state index is 13.9. The van der Waals surface area contributed by atoms with E-state index in [0.717, 1.165) is 17.0 Å². The highest BCUT2D eigenvalue weighted by atomic mass is 19.4. The number of benzene rings is 2. The number of alkyl halides is 3. The van der Waals surface area contributed by atoms with Gasteiger partial charge < -0.3 is 10.1 Å². The molecule has 152 valence electrons. The monoisotopic (exact) mass is 410 g/mol. The molecule has 1 aliphatic heterocycles. The smallest absolute Gasteiger partial charge is 0.406 e. The van der Waals surface area contributed by atoms with E-state index in [2.05, 4.69) is 10.1 Å². The van der Waals surface area contributed by atoms with E-state index in [4.69, 9.17) is 0 Å². The lowest BCUT2D eigenvalue weighted by molar-refractivity contribution is -0.274. The van der Waals surface area contributed by atoms with Crippen molar-refractivity contribution in [3.8, 4) is 5.75 Å². The molecule has 2 aromatic carbocycles. The highest BCUT2D eigenvalue weighted by molar-refractivity contribution is 6.09. The van der Waals surface area contributed by atoms with Crippen molar-refractivity contribution in [1.82, 2.24) is 4.90 Å². The fraction of sp³-hybridized carbons (Fsp3) is 0.211. The lowest BCUT2D eigenvalue weighted by Crippen LogP contribution is -2.37. The normalized spacial score (nSPS) is 16.8. The van der Waals surface area contributed by atoms with Gasteiger partial charge in [-0.15, -0.1) is 13.2 Å². The van der Waals surface area contributed by atoms with Crippen molar-refractivity contribution in [2.75, 3.05) is 11.9 Å². The van der Waals surface area contributed by atoms with Gasteiger partial charge in [-0.3, -0.25) is 19.3 Å². The average Bonchev–Trinajstić information content (AvgIpc) is 2.90. The summed E-state index contributed by atoms with van der Waals surface area (Å²) in [6.45, 7) is -0.594. The van der Waals surface area contributed by atoms with Crippen LogP contribution in [-0.4, -0.2) is 35.5 Å². The second-order valence-electron chi connectivity index (χ2n) is 6.22. The van der Waals surface area contributed by atoms with Gasteiger partial charge in [0.1, 0.15) is 18.1 Å². The summed E-state index contributed by atoms with van der Waals surface area (Å²) in [5.74, 6) is -4.13. The van der Waals surface area contributed by atoms with Crippen molar-refractivity contribution in [3.05, 3.63) is 59.9 Å². The minimum atomic E-state index is -4.84. The maximum Gasteiger partial charge on any atom is 0.573 e. The molecule has 0 unspecified atom stereocenters. The third kappa shape index (κ3) is 4.89. The summed E-state index contributed by atoms with van der Waals surface area (Å²) in [7, 11) is 0. The van der Waals surface area contributed by atoms with E-state index in [0.29, 0.717) is 0 Å². The summed E-state index contributed by atoms with van der Waals surface area (Å²) >= 11 is 0. The van der Waals surface area contributed by atoms with Gasteiger partial charge in [0.2, 0.25) is 17.7 Å². The van der Waals surface area contributed by atoms with E-state index >= 15 is 0 Å². The molecular formula is C19H14F4N2O4. The number of amides is 3. The Hall–Kier alpha value is -3.43. The number of halogens is 4. The number of carbonyl (C=O) groups is 3. The van der Waals surface area contributed by atoms with E-state index in [1.165, 1.54) is 36.4 Å². The zero-order valence-electron chi connectivity index (χ0n) is 14.7. The molecule has 1 heterocycles. The Morgan fingerprint density at radius 1 is 1.10 bits per heavy atom. The first-order valence-corrected chi connectivity index (χ1v) is 8.38. The van der Waals surface area contributed by atoms with E-state index in [1.807, 2.05) is 0 Å². The molecule has 10 heteroatoms. The Morgan fingerprint density at radius 2 is 1.76 bits per heavy atom. The Balaban J connectivity index is 1.62. The van der Waals surface area contributed by atoms with Gasteiger partial charge >= 0.3 is 6.36 Å². The van der Waals surface area contributed by atoms with Gasteiger partial charge in [0.05, 0.1) is 5.92 Å². The van der Waals surface area contributed by atoms with Crippen LogP contribution in [0.25, 0.3) is 0 Å². The molecule has 1 N–H and O–H groups in total. The van der Waals surface area contributed by atoms with Crippen LogP contribution >= 0.6 is 0 Å². The van der Waals surface area contributed by atoms with Gasteiger partial charge in [-0.25, -0.2) is 4.39 Å². The Bertz CT molecular complexity index is 944. The fourth-order valence-electron chi connectivity index (χ4n) is 2.93. The number of rotatable bonds is 5. The molecule has 3 amide bonds. The molecule has 1 atom stereocenters. The topological polar surface area (TPSA) is 75.7 Å². The van der Waals surface area contributed by atoms with Crippen molar-refractivity contribution in [2.45, 2.75) is 18.7 Å². The molecule has 0 bridgehead atoms. The highest BCUT2D eigenvalue weighted by Crippen LogP contribution is 2.31. The summed E-state index contributed by atoms with van der Waals surface area (Å²) in [6.07, 6.45) is -5.09. The molecule has 0 spiro atoms. The Morgan fingerprint density at radius 3 is 2.38 bits per heavy atom. The highest BCUT2D eigenvalue weighted by Gasteiger charge is 2.41. The number of hydrogen-bond acceptors (Lipinski definition) is 4.